The number of carbonyl (C=O) groups excluding carboxylic acids is 1. The quantitative estimate of drug-likeness (QED) is 0.908. The van der Waals surface area contributed by atoms with E-state index < -0.39 is 0 Å². The van der Waals surface area contributed by atoms with E-state index in [0.29, 0.717) is 23.7 Å². The number of rotatable bonds is 4. The monoisotopic (exact) mass is 360 g/mol. The molecule has 1 aromatic heterocycles. The molecule has 1 aliphatic heterocycles. The maximum absolute atomic E-state index is 13.1. The van der Waals surface area contributed by atoms with Crippen molar-refractivity contribution in [1.82, 2.24) is 14.7 Å². The summed E-state index contributed by atoms with van der Waals surface area (Å²) >= 11 is 6.12. The summed E-state index contributed by atoms with van der Waals surface area (Å²) in [5.41, 5.74) is 8.32. The van der Waals surface area contributed by atoms with Gasteiger partial charge in [0.25, 0.3) is 5.91 Å². The lowest BCUT2D eigenvalue weighted by atomic mass is 9.90. The van der Waals surface area contributed by atoms with Crippen LogP contribution in [-0.2, 0) is 0 Å². The van der Waals surface area contributed by atoms with E-state index in [1.807, 2.05) is 33.8 Å². The summed E-state index contributed by atoms with van der Waals surface area (Å²) < 4.78 is 1.82. The fourth-order valence-corrected chi connectivity index (χ4v) is 3.61. The van der Waals surface area contributed by atoms with Crippen LogP contribution in [0, 0.1) is 5.41 Å². The summed E-state index contributed by atoms with van der Waals surface area (Å²) in [4.78, 5) is 15.0. The summed E-state index contributed by atoms with van der Waals surface area (Å²) in [6, 6.07) is 7.52. The lowest BCUT2D eigenvalue weighted by Crippen LogP contribution is -2.34. The van der Waals surface area contributed by atoms with Gasteiger partial charge in [-0.2, -0.15) is 5.10 Å². The molecule has 5 nitrogen and oxygen atoms in total. The van der Waals surface area contributed by atoms with Crippen LogP contribution in [0.3, 0.4) is 0 Å². The van der Waals surface area contributed by atoms with E-state index in [4.69, 9.17) is 17.3 Å². The van der Waals surface area contributed by atoms with Crippen molar-refractivity contribution in [3.63, 3.8) is 0 Å². The first-order valence-corrected chi connectivity index (χ1v) is 9.05. The Kier molecular flexibility index (Phi) is 4.89. The van der Waals surface area contributed by atoms with E-state index in [2.05, 4.69) is 25.9 Å². The molecule has 1 saturated heterocycles. The van der Waals surface area contributed by atoms with Crippen molar-refractivity contribution >= 4 is 17.5 Å². The molecule has 2 N–H and O–H groups in total. The van der Waals surface area contributed by atoms with E-state index in [0.717, 1.165) is 24.3 Å². The van der Waals surface area contributed by atoms with Gasteiger partial charge in [-0.05, 0) is 42.5 Å². The lowest BCUT2D eigenvalue weighted by molar-refractivity contribution is 0.0775. The number of halogens is 1. The lowest BCUT2D eigenvalue weighted by Gasteiger charge is -2.23. The van der Waals surface area contributed by atoms with Crippen LogP contribution < -0.4 is 5.73 Å². The third-order valence-corrected chi connectivity index (χ3v) is 5.21. The maximum atomic E-state index is 13.1. The Hall–Kier alpha value is -1.85. The minimum absolute atomic E-state index is 0.0105. The number of amides is 1. The highest BCUT2D eigenvalue weighted by Gasteiger charge is 2.36. The number of nitrogens with zero attached hydrogens (tertiary/aromatic N) is 3. The Morgan fingerprint density at radius 1 is 1.44 bits per heavy atom. The van der Waals surface area contributed by atoms with Crippen molar-refractivity contribution in [3.8, 4) is 5.69 Å². The van der Waals surface area contributed by atoms with Gasteiger partial charge in [-0.15, -0.1) is 0 Å². The second-order valence-electron chi connectivity index (χ2n) is 7.48. The molecule has 1 aromatic carbocycles. The van der Waals surface area contributed by atoms with Crippen LogP contribution in [-0.4, -0.2) is 40.2 Å². The molecule has 25 heavy (non-hydrogen) atoms. The molecular formula is C19H25ClN4O. The number of likely N-dealkylation sites (tertiary alicyclic amines) is 1. The van der Waals surface area contributed by atoms with E-state index in [1.54, 1.807) is 6.20 Å². The maximum Gasteiger partial charge on any atom is 0.257 e. The number of hydrogen-bond donors (Lipinski definition) is 1. The Bertz CT molecular complexity index is 785. The molecule has 1 aliphatic rings. The van der Waals surface area contributed by atoms with E-state index in [-0.39, 0.29) is 17.2 Å². The van der Waals surface area contributed by atoms with Gasteiger partial charge in [-0.3, -0.25) is 4.79 Å². The number of benzene rings is 1. The largest absolute Gasteiger partial charge is 0.338 e. The second-order valence-corrected chi connectivity index (χ2v) is 7.92. The number of carbonyl (C=O) groups is 1. The van der Waals surface area contributed by atoms with Gasteiger partial charge in [0, 0.05) is 18.1 Å². The number of aromatic nitrogens is 2. The molecule has 1 unspecified atom stereocenters. The first-order chi connectivity index (χ1) is 11.8. The second kappa shape index (κ2) is 6.81. The van der Waals surface area contributed by atoms with Crippen LogP contribution >= 0.6 is 11.6 Å². The fraction of sp³-hybridized carbons (Fsp3) is 0.474. The highest BCUT2D eigenvalue weighted by atomic mass is 35.5. The average Bonchev–Trinajstić information content (AvgIpc) is 3.19. The summed E-state index contributed by atoms with van der Waals surface area (Å²) in [5, 5.41) is 5.13. The Morgan fingerprint density at radius 2 is 2.20 bits per heavy atom. The number of hydrogen-bond acceptors (Lipinski definition) is 3. The Morgan fingerprint density at radius 3 is 2.80 bits per heavy atom. The van der Waals surface area contributed by atoms with Gasteiger partial charge in [0.2, 0.25) is 0 Å². The third-order valence-electron chi connectivity index (χ3n) is 4.97. The smallest absolute Gasteiger partial charge is 0.257 e. The topological polar surface area (TPSA) is 64.2 Å². The minimum Gasteiger partial charge on any atom is -0.338 e. The van der Waals surface area contributed by atoms with Crippen molar-refractivity contribution in [1.29, 1.82) is 0 Å². The van der Waals surface area contributed by atoms with E-state index >= 15 is 0 Å². The minimum atomic E-state index is 0.0105. The van der Waals surface area contributed by atoms with E-state index in [1.165, 1.54) is 0 Å². The van der Waals surface area contributed by atoms with Gasteiger partial charge in [-0.25, -0.2) is 4.68 Å². The molecule has 3 rings (SSSR count). The molecule has 2 heterocycles. The van der Waals surface area contributed by atoms with Crippen molar-refractivity contribution in [3.05, 3.63) is 46.7 Å². The van der Waals surface area contributed by atoms with Crippen LogP contribution in [0.5, 0.6) is 0 Å². The highest BCUT2D eigenvalue weighted by Crippen LogP contribution is 2.31. The van der Waals surface area contributed by atoms with Crippen molar-refractivity contribution in [2.75, 3.05) is 19.6 Å². The molecule has 0 aliphatic carbocycles. The molecule has 1 atom stereocenters. The van der Waals surface area contributed by atoms with Crippen LogP contribution in [0.1, 0.15) is 49.2 Å². The zero-order valence-corrected chi connectivity index (χ0v) is 15.8. The summed E-state index contributed by atoms with van der Waals surface area (Å²) in [6.07, 6.45) is 2.62. The molecule has 134 valence electrons. The predicted octanol–water partition coefficient (Wildman–Crippen LogP) is 3.46. The molecule has 1 amide bonds. The van der Waals surface area contributed by atoms with Gasteiger partial charge in [-0.1, -0.05) is 38.4 Å². The van der Waals surface area contributed by atoms with Gasteiger partial charge in [0.1, 0.15) is 0 Å². The SMILES string of the molecule is CC(C)c1c(C(=O)N2CCC(C)(CN)C2)cnn1-c1cccc(Cl)c1. The predicted molar refractivity (Wildman–Crippen MR) is 100 cm³/mol. The van der Waals surface area contributed by atoms with E-state index in [9.17, 15) is 4.79 Å². The normalized spacial score (nSPS) is 20.5. The summed E-state index contributed by atoms with van der Waals surface area (Å²) in [5.74, 6) is 0.193. The summed E-state index contributed by atoms with van der Waals surface area (Å²) in [6.45, 7) is 8.31. The first-order valence-electron chi connectivity index (χ1n) is 8.68. The average molecular weight is 361 g/mol. The number of nitrogens with two attached hydrogens (primary N) is 1. The van der Waals surface area contributed by atoms with Gasteiger partial charge >= 0.3 is 0 Å². The molecular weight excluding hydrogens is 336 g/mol. The van der Waals surface area contributed by atoms with Crippen LogP contribution in [0.2, 0.25) is 5.02 Å². The zero-order valence-electron chi connectivity index (χ0n) is 15.0. The Balaban J connectivity index is 1.96. The molecule has 0 spiro atoms. The molecule has 0 bridgehead atoms. The van der Waals surface area contributed by atoms with Crippen LogP contribution in [0.15, 0.2) is 30.5 Å². The van der Waals surface area contributed by atoms with Crippen molar-refractivity contribution < 1.29 is 4.79 Å². The molecule has 6 heteroatoms. The van der Waals surface area contributed by atoms with Gasteiger partial charge < -0.3 is 10.6 Å². The standard InChI is InChI=1S/C19H25ClN4O/c1-13(2)17-16(18(25)23-8-7-19(3,11-21)12-23)10-22-24(17)15-6-4-5-14(20)9-15/h4-6,9-10,13H,7-8,11-12,21H2,1-3H3. The zero-order chi connectivity index (χ0) is 18.2. The first kappa shape index (κ1) is 18.0. The molecule has 1 fully saturated rings. The van der Waals surface area contributed by atoms with Crippen molar-refractivity contribution in [2.45, 2.75) is 33.1 Å². The third kappa shape index (κ3) is 3.44. The van der Waals surface area contributed by atoms with Crippen LogP contribution in [0.4, 0.5) is 0 Å². The molecule has 0 radical (unpaired) electrons. The molecule has 2 aromatic rings. The van der Waals surface area contributed by atoms with Gasteiger partial charge in [0.15, 0.2) is 0 Å². The van der Waals surface area contributed by atoms with Crippen molar-refractivity contribution in [2.24, 2.45) is 11.1 Å². The van der Waals surface area contributed by atoms with Gasteiger partial charge in [0.05, 0.1) is 23.1 Å². The highest BCUT2D eigenvalue weighted by molar-refractivity contribution is 6.30. The Labute approximate surface area is 153 Å². The molecule has 0 saturated carbocycles. The summed E-state index contributed by atoms with van der Waals surface area (Å²) in [7, 11) is 0. The fourth-order valence-electron chi connectivity index (χ4n) is 3.43. The van der Waals surface area contributed by atoms with Crippen LogP contribution in [0.25, 0.3) is 5.69 Å².